The molecule has 18 heavy (non-hydrogen) atoms. The highest BCUT2D eigenvalue weighted by atomic mass is 15.3. The van der Waals surface area contributed by atoms with Crippen molar-refractivity contribution in [2.75, 3.05) is 5.32 Å². The van der Waals surface area contributed by atoms with Gasteiger partial charge >= 0.3 is 0 Å². The first-order valence-corrected chi connectivity index (χ1v) is 6.40. The molecule has 1 aliphatic rings. The maximum absolute atomic E-state index is 4.43. The average Bonchev–Trinajstić information content (AvgIpc) is 2.96. The Morgan fingerprint density at radius 2 is 2.22 bits per heavy atom. The van der Waals surface area contributed by atoms with Crippen LogP contribution in [-0.2, 0) is 26.3 Å². The van der Waals surface area contributed by atoms with Gasteiger partial charge in [0.2, 0.25) is 0 Å². The molecular formula is C13H17N5. The summed E-state index contributed by atoms with van der Waals surface area (Å²) >= 11 is 0. The fourth-order valence-electron chi connectivity index (χ4n) is 2.49. The lowest BCUT2D eigenvalue weighted by Gasteiger charge is -2.08. The van der Waals surface area contributed by atoms with E-state index < -0.39 is 0 Å². The number of nitrogens with one attached hydrogen (secondary N) is 1. The lowest BCUT2D eigenvalue weighted by molar-refractivity contribution is 0.746. The summed E-state index contributed by atoms with van der Waals surface area (Å²) in [5.41, 5.74) is 4.58. The van der Waals surface area contributed by atoms with E-state index in [0.29, 0.717) is 0 Å². The molecule has 0 fully saturated rings. The summed E-state index contributed by atoms with van der Waals surface area (Å²) in [6, 6.07) is 0. The summed E-state index contributed by atoms with van der Waals surface area (Å²) < 4.78 is 1.84. The van der Waals surface area contributed by atoms with Gasteiger partial charge in [0.05, 0.1) is 11.4 Å². The van der Waals surface area contributed by atoms with Gasteiger partial charge in [-0.1, -0.05) is 6.92 Å². The van der Waals surface area contributed by atoms with Crippen LogP contribution in [0.5, 0.6) is 0 Å². The SMILES string of the molecule is CCc1nn(C)cc1Nc1ncnc2c1CCC2. The Labute approximate surface area is 106 Å². The predicted octanol–water partition coefficient (Wildman–Crippen LogP) is 2.00. The molecule has 2 heterocycles. The average molecular weight is 243 g/mol. The Bertz CT molecular complexity index is 573. The first-order chi connectivity index (χ1) is 8.78. The zero-order chi connectivity index (χ0) is 12.5. The zero-order valence-corrected chi connectivity index (χ0v) is 10.8. The largest absolute Gasteiger partial charge is 0.337 e. The summed E-state index contributed by atoms with van der Waals surface area (Å²) in [7, 11) is 1.94. The molecular weight excluding hydrogens is 226 g/mol. The Morgan fingerprint density at radius 1 is 1.33 bits per heavy atom. The molecule has 0 saturated carbocycles. The Hall–Kier alpha value is -1.91. The normalized spacial score (nSPS) is 13.7. The molecule has 0 bridgehead atoms. The van der Waals surface area contributed by atoms with Crippen LogP contribution in [0.3, 0.4) is 0 Å². The predicted molar refractivity (Wildman–Crippen MR) is 69.9 cm³/mol. The standard InChI is InChI=1S/C13H17N5/c1-3-10-12(7-18(2)17-10)16-13-9-5-4-6-11(9)14-8-15-13/h7-8H,3-6H2,1-2H3,(H,14,15,16). The smallest absolute Gasteiger partial charge is 0.137 e. The monoisotopic (exact) mass is 243 g/mol. The van der Waals surface area contributed by atoms with Gasteiger partial charge in [0.15, 0.2) is 0 Å². The van der Waals surface area contributed by atoms with Crippen LogP contribution in [0.4, 0.5) is 11.5 Å². The highest BCUT2D eigenvalue weighted by Gasteiger charge is 2.18. The van der Waals surface area contributed by atoms with Crippen LogP contribution in [0.1, 0.15) is 30.3 Å². The summed E-state index contributed by atoms with van der Waals surface area (Å²) in [5.74, 6) is 0.945. The second-order valence-electron chi connectivity index (χ2n) is 4.64. The first kappa shape index (κ1) is 11.2. The van der Waals surface area contributed by atoms with Gasteiger partial charge in [0.1, 0.15) is 12.1 Å². The van der Waals surface area contributed by atoms with E-state index in [1.807, 2.05) is 17.9 Å². The van der Waals surface area contributed by atoms with Gasteiger partial charge in [-0.15, -0.1) is 0 Å². The summed E-state index contributed by atoms with van der Waals surface area (Å²) in [4.78, 5) is 8.71. The zero-order valence-electron chi connectivity index (χ0n) is 10.8. The second kappa shape index (κ2) is 4.40. The van der Waals surface area contributed by atoms with Crippen LogP contribution < -0.4 is 5.32 Å². The van der Waals surface area contributed by atoms with Crippen molar-refractivity contribution in [1.29, 1.82) is 0 Å². The minimum atomic E-state index is 0.913. The van der Waals surface area contributed by atoms with Crippen molar-refractivity contribution in [3.63, 3.8) is 0 Å². The van der Waals surface area contributed by atoms with Crippen molar-refractivity contribution in [1.82, 2.24) is 19.7 Å². The van der Waals surface area contributed by atoms with Crippen molar-refractivity contribution >= 4 is 11.5 Å². The van der Waals surface area contributed by atoms with E-state index >= 15 is 0 Å². The van der Waals surface area contributed by atoms with Gasteiger partial charge in [-0.2, -0.15) is 5.10 Å². The lowest BCUT2D eigenvalue weighted by Crippen LogP contribution is -2.01. The first-order valence-electron chi connectivity index (χ1n) is 6.40. The Morgan fingerprint density at radius 3 is 3.06 bits per heavy atom. The maximum atomic E-state index is 4.43. The third kappa shape index (κ3) is 1.85. The maximum Gasteiger partial charge on any atom is 0.137 e. The topological polar surface area (TPSA) is 55.6 Å². The minimum absolute atomic E-state index is 0.913. The van der Waals surface area contributed by atoms with Gasteiger partial charge in [-0.05, 0) is 25.7 Å². The molecule has 0 amide bonds. The summed E-state index contributed by atoms with van der Waals surface area (Å²) in [6.45, 7) is 2.11. The minimum Gasteiger partial charge on any atom is -0.337 e. The summed E-state index contributed by atoms with van der Waals surface area (Å²) in [6.07, 6.45) is 7.88. The molecule has 3 rings (SSSR count). The molecule has 94 valence electrons. The molecule has 0 atom stereocenters. The Kier molecular flexibility index (Phi) is 2.74. The lowest BCUT2D eigenvalue weighted by atomic mass is 10.2. The van der Waals surface area contributed by atoms with Crippen molar-refractivity contribution in [2.45, 2.75) is 32.6 Å². The molecule has 0 unspecified atom stereocenters. The van der Waals surface area contributed by atoms with Crippen LogP contribution in [0, 0.1) is 0 Å². The number of fused-ring (bicyclic) bond motifs is 1. The van der Waals surface area contributed by atoms with E-state index in [0.717, 1.165) is 36.5 Å². The number of hydrogen-bond acceptors (Lipinski definition) is 4. The van der Waals surface area contributed by atoms with Crippen molar-refractivity contribution < 1.29 is 0 Å². The second-order valence-corrected chi connectivity index (χ2v) is 4.64. The number of nitrogens with zero attached hydrogens (tertiary/aromatic N) is 4. The molecule has 0 spiro atoms. The van der Waals surface area contributed by atoms with E-state index in [4.69, 9.17) is 0 Å². The van der Waals surface area contributed by atoms with E-state index in [2.05, 4.69) is 27.3 Å². The van der Waals surface area contributed by atoms with Crippen LogP contribution >= 0.6 is 0 Å². The van der Waals surface area contributed by atoms with E-state index in [9.17, 15) is 0 Å². The third-order valence-electron chi connectivity index (χ3n) is 3.37. The van der Waals surface area contributed by atoms with Crippen molar-refractivity contribution in [3.8, 4) is 0 Å². The quantitative estimate of drug-likeness (QED) is 0.896. The van der Waals surface area contributed by atoms with Gasteiger partial charge < -0.3 is 5.32 Å². The van der Waals surface area contributed by atoms with Gasteiger partial charge in [0, 0.05) is 24.5 Å². The fourth-order valence-corrected chi connectivity index (χ4v) is 2.49. The number of anilines is 2. The molecule has 1 aliphatic carbocycles. The fraction of sp³-hybridized carbons (Fsp3) is 0.462. The number of rotatable bonds is 3. The highest BCUT2D eigenvalue weighted by Crippen LogP contribution is 2.28. The number of aromatic nitrogens is 4. The van der Waals surface area contributed by atoms with E-state index in [1.54, 1.807) is 6.33 Å². The Balaban J connectivity index is 1.95. The molecule has 2 aromatic heterocycles. The highest BCUT2D eigenvalue weighted by molar-refractivity contribution is 5.62. The van der Waals surface area contributed by atoms with E-state index in [-0.39, 0.29) is 0 Å². The number of hydrogen-bond donors (Lipinski definition) is 1. The molecule has 5 heteroatoms. The molecule has 0 aromatic carbocycles. The molecule has 5 nitrogen and oxygen atoms in total. The van der Waals surface area contributed by atoms with Crippen LogP contribution in [0.15, 0.2) is 12.5 Å². The van der Waals surface area contributed by atoms with Gasteiger partial charge in [-0.3, -0.25) is 4.68 Å². The molecule has 0 saturated heterocycles. The summed E-state index contributed by atoms with van der Waals surface area (Å²) in [5, 5.41) is 7.84. The van der Waals surface area contributed by atoms with Crippen LogP contribution in [-0.4, -0.2) is 19.7 Å². The molecule has 2 aromatic rings. The van der Waals surface area contributed by atoms with E-state index in [1.165, 1.54) is 17.7 Å². The van der Waals surface area contributed by atoms with Gasteiger partial charge in [-0.25, -0.2) is 9.97 Å². The third-order valence-corrected chi connectivity index (χ3v) is 3.37. The van der Waals surface area contributed by atoms with Gasteiger partial charge in [0.25, 0.3) is 0 Å². The van der Waals surface area contributed by atoms with Crippen molar-refractivity contribution in [2.24, 2.45) is 7.05 Å². The molecule has 1 N–H and O–H groups in total. The molecule has 0 aliphatic heterocycles. The van der Waals surface area contributed by atoms with Crippen LogP contribution in [0.25, 0.3) is 0 Å². The van der Waals surface area contributed by atoms with Crippen LogP contribution in [0.2, 0.25) is 0 Å². The van der Waals surface area contributed by atoms with Crippen molar-refractivity contribution in [3.05, 3.63) is 29.5 Å². The molecule has 0 radical (unpaired) electrons. The number of aryl methyl sites for hydroxylation is 3.